The summed E-state index contributed by atoms with van der Waals surface area (Å²) in [5, 5.41) is 9.17. The molecule has 0 bridgehead atoms. The monoisotopic (exact) mass is 492 g/mol. The van der Waals surface area contributed by atoms with Crippen LogP contribution in [-0.4, -0.2) is 50.9 Å². The lowest BCUT2D eigenvalue weighted by Gasteiger charge is -2.29. The molecule has 182 valence electrons. The Labute approximate surface area is 209 Å². The first kappa shape index (κ1) is 23.4. The molecular weight excluding hydrogens is 464 g/mol. The average molecular weight is 493 g/mol. The van der Waals surface area contributed by atoms with Crippen molar-refractivity contribution in [1.29, 1.82) is 0 Å². The van der Waals surface area contributed by atoms with Crippen LogP contribution in [0.25, 0.3) is 10.9 Å². The molecule has 1 N–H and O–H groups in total. The number of anilines is 2. The van der Waals surface area contributed by atoms with E-state index in [1.807, 2.05) is 61.1 Å². The van der Waals surface area contributed by atoms with Crippen LogP contribution in [0.15, 0.2) is 48.8 Å². The van der Waals surface area contributed by atoms with Crippen LogP contribution in [0.2, 0.25) is 5.02 Å². The molecule has 35 heavy (non-hydrogen) atoms. The molecule has 0 aliphatic carbocycles. The van der Waals surface area contributed by atoms with Crippen LogP contribution in [0.1, 0.15) is 24.2 Å². The second kappa shape index (κ2) is 10.1. The fourth-order valence-electron chi connectivity index (χ4n) is 4.24. The van der Waals surface area contributed by atoms with Crippen molar-refractivity contribution in [2.24, 2.45) is 7.05 Å². The zero-order valence-electron chi connectivity index (χ0n) is 20.2. The van der Waals surface area contributed by atoms with Gasteiger partial charge in [0.05, 0.1) is 15.9 Å². The molecule has 0 unspecified atom stereocenters. The van der Waals surface area contributed by atoms with Gasteiger partial charge in [-0.25, -0.2) is 9.97 Å². The van der Waals surface area contributed by atoms with E-state index in [1.54, 1.807) is 6.33 Å². The highest BCUT2D eigenvalue weighted by atomic mass is 35.5. The molecule has 0 spiro atoms. The largest absolute Gasteiger partial charge is 0.489 e. The van der Waals surface area contributed by atoms with Crippen LogP contribution in [0.5, 0.6) is 11.5 Å². The molecule has 1 fully saturated rings. The number of hydrogen-bond donors (Lipinski definition) is 1. The first-order valence-corrected chi connectivity index (χ1v) is 12.1. The van der Waals surface area contributed by atoms with Crippen LogP contribution < -0.4 is 14.8 Å². The Morgan fingerprint density at radius 2 is 1.89 bits per heavy atom. The van der Waals surface area contributed by atoms with Gasteiger partial charge in [-0.05, 0) is 63.2 Å². The van der Waals surface area contributed by atoms with Crippen LogP contribution in [-0.2, 0) is 13.7 Å². The Balaban J connectivity index is 1.34. The van der Waals surface area contributed by atoms with Crippen molar-refractivity contribution in [3.63, 3.8) is 0 Å². The second-order valence-electron chi connectivity index (χ2n) is 8.95. The lowest BCUT2D eigenvalue weighted by atomic mass is 10.1. The topological polar surface area (TPSA) is 77.3 Å². The van der Waals surface area contributed by atoms with Gasteiger partial charge in [0.2, 0.25) is 0 Å². The Kier molecular flexibility index (Phi) is 6.74. The molecule has 1 aliphatic heterocycles. The number of piperidine rings is 1. The van der Waals surface area contributed by atoms with E-state index < -0.39 is 0 Å². The van der Waals surface area contributed by atoms with E-state index >= 15 is 0 Å². The van der Waals surface area contributed by atoms with Crippen molar-refractivity contribution >= 4 is 34.0 Å². The average Bonchev–Trinajstić information content (AvgIpc) is 3.17. The number of aromatic nitrogens is 4. The third kappa shape index (κ3) is 5.33. The number of nitrogens with one attached hydrogen (secondary N) is 1. The number of hydrogen-bond acceptors (Lipinski definition) is 7. The van der Waals surface area contributed by atoms with Gasteiger partial charge in [-0.3, -0.25) is 4.68 Å². The summed E-state index contributed by atoms with van der Waals surface area (Å²) in [6.07, 6.45) is 3.73. The van der Waals surface area contributed by atoms with Gasteiger partial charge < -0.3 is 19.7 Å². The van der Waals surface area contributed by atoms with Crippen LogP contribution in [0.4, 0.5) is 11.5 Å². The van der Waals surface area contributed by atoms with Crippen LogP contribution >= 0.6 is 11.6 Å². The lowest BCUT2D eigenvalue weighted by molar-refractivity contribution is 0.116. The minimum Gasteiger partial charge on any atom is -0.489 e. The molecule has 5 rings (SSSR count). The van der Waals surface area contributed by atoms with E-state index in [-0.39, 0.29) is 6.10 Å². The van der Waals surface area contributed by atoms with Crippen LogP contribution in [0, 0.1) is 6.92 Å². The predicted octanol–water partition coefficient (Wildman–Crippen LogP) is 5.12. The summed E-state index contributed by atoms with van der Waals surface area (Å²) in [4.78, 5) is 11.3. The predicted molar refractivity (Wildman–Crippen MR) is 138 cm³/mol. The first-order chi connectivity index (χ1) is 17.0. The van der Waals surface area contributed by atoms with E-state index in [0.717, 1.165) is 59.7 Å². The molecule has 1 aliphatic rings. The highest BCUT2D eigenvalue weighted by molar-refractivity contribution is 6.32. The number of ether oxygens (including phenoxy) is 2. The molecule has 0 amide bonds. The van der Waals surface area contributed by atoms with Gasteiger partial charge in [0.1, 0.15) is 42.0 Å². The van der Waals surface area contributed by atoms with Gasteiger partial charge in [-0.15, -0.1) is 0 Å². The SMILES string of the molecule is Cc1cc(COc2ccc(Nc3ncnc4cccc(OC5CCN(C)CC5)c34)cc2Cl)nn1C. The van der Waals surface area contributed by atoms with E-state index in [4.69, 9.17) is 21.1 Å². The summed E-state index contributed by atoms with van der Waals surface area (Å²) in [5.74, 6) is 2.06. The smallest absolute Gasteiger partial charge is 0.145 e. The second-order valence-corrected chi connectivity index (χ2v) is 9.36. The Morgan fingerprint density at radius 3 is 2.63 bits per heavy atom. The maximum Gasteiger partial charge on any atom is 0.145 e. The normalized spacial score (nSPS) is 14.9. The zero-order valence-corrected chi connectivity index (χ0v) is 20.9. The molecule has 1 saturated heterocycles. The maximum absolute atomic E-state index is 6.54. The van der Waals surface area contributed by atoms with Crippen molar-refractivity contribution in [1.82, 2.24) is 24.6 Å². The summed E-state index contributed by atoms with van der Waals surface area (Å²) in [7, 11) is 4.05. The van der Waals surface area contributed by atoms with E-state index in [9.17, 15) is 0 Å². The van der Waals surface area contributed by atoms with E-state index in [2.05, 4.69) is 32.3 Å². The fourth-order valence-corrected chi connectivity index (χ4v) is 4.48. The van der Waals surface area contributed by atoms with Crippen molar-refractivity contribution in [3.05, 3.63) is 65.2 Å². The highest BCUT2D eigenvalue weighted by Gasteiger charge is 2.20. The quantitative estimate of drug-likeness (QED) is 0.383. The Morgan fingerprint density at radius 1 is 1.06 bits per heavy atom. The Bertz CT molecular complexity index is 1310. The molecule has 3 heterocycles. The van der Waals surface area contributed by atoms with E-state index in [0.29, 0.717) is 23.2 Å². The number of likely N-dealkylation sites (tertiary alicyclic amines) is 1. The zero-order chi connectivity index (χ0) is 24.4. The van der Waals surface area contributed by atoms with Crippen molar-refractivity contribution in [3.8, 4) is 11.5 Å². The molecule has 0 atom stereocenters. The number of fused-ring (bicyclic) bond motifs is 1. The summed E-state index contributed by atoms with van der Waals surface area (Å²) in [6, 6.07) is 13.5. The van der Waals surface area contributed by atoms with E-state index in [1.165, 1.54) is 0 Å². The maximum atomic E-state index is 6.54. The summed E-state index contributed by atoms with van der Waals surface area (Å²) in [5.41, 5.74) is 3.55. The molecule has 0 saturated carbocycles. The lowest BCUT2D eigenvalue weighted by Crippen LogP contribution is -2.35. The van der Waals surface area contributed by atoms with Gasteiger partial charge >= 0.3 is 0 Å². The number of nitrogens with zero attached hydrogens (tertiary/aromatic N) is 5. The molecular formula is C26H29ClN6O2. The first-order valence-electron chi connectivity index (χ1n) is 11.7. The van der Waals surface area contributed by atoms with Crippen LogP contribution in [0.3, 0.4) is 0 Å². The standard InChI is InChI=1S/C26H29ClN6O2/c1-17-13-19(31-33(17)3)15-34-23-8-7-18(14-21(23)27)30-26-25-22(28-16-29-26)5-4-6-24(25)35-20-9-11-32(2)12-10-20/h4-8,13-14,16,20H,9-12,15H2,1-3H3,(H,28,29,30). The minimum absolute atomic E-state index is 0.179. The van der Waals surface area contributed by atoms with Gasteiger partial charge in [0, 0.05) is 31.5 Å². The van der Waals surface area contributed by atoms with Crippen molar-refractivity contribution in [2.75, 3.05) is 25.5 Å². The number of aryl methyl sites for hydroxylation is 2. The summed E-state index contributed by atoms with van der Waals surface area (Å²) in [6.45, 7) is 4.42. The number of rotatable bonds is 7. The van der Waals surface area contributed by atoms with Gasteiger partial charge in [0.15, 0.2) is 0 Å². The third-order valence-corrected chi connectivity index (χ3v) is 6.61. The highest BCUT2D eigenvalue weighted by Crippen LogP contribution is 2.35. The van der Waals surface area contributed by atoms with Gasteiger partial charge in [-0.2, -0.15) is 5.10 Å². The van der Waals surface area contributed by atoms with Crippen molar-refractivity contribution in [2.45, 2.75) is 32.5 Å². The fraction of sp³-hybridized carbons (Fsp3) is 0.346. The number of benzene rings is 2. The summed E-state index contributed by atoms with van der Waals surface area (Å²) < 4.78 is 14.1. The molecule has 8 nitrogen and oxygen atoms in total. The third-order valence-electron chi connectivity index (χ3n) is 6.32. The molecule has 4 aromatic rings. The molecule has 2 aromatic carbocycles. The molecule has 0 radical (unpaired) electrons. The minimum atomic E-state index is 0.179. The summed E-state index contributed by atoms with van der Waals surface area (Å²) >= 11 is 6.54. The molecule has 9 heteroatoms. The molecule has 2 aromatic heterocycles. The van der Waals surface area contributed by atoms with Gasteiger partial charge in [0.25, 0.3) is 0 Å². The Hall–Kier alpha value is -3.36. The van der Waals surface area contributed by atoms with Gasteiger partial charge in [-0.1, -0.05) is 17.7 Å². The van der Waals surface area contributed by atoms with Crippen molar-refractivity contribution < 1.29 is 9.47 Å². The number of halogens is 1.